The number of hydrogen-bond donors (Lipinski definition) is 0. The second-order valence-electron chi connectivity index (χ2n) is 13.6. The Morgan fingerprint density at radius 2 is 0.692 bits per heavy atom. The summed E-state index contributed by atoms with van der Waals surface area (Å²) in [5.41, 5.74) is 12.4. The molecule has 0 radical (unpaired) electrons. The van der Waals surface area contributed by atoms with E-state index in [1.54, 1.807) is 0 Å². The maximum atomic E-state index is 2.43. The van der Waals surface area contributed by atoms with Gasteiger partial charge in [0.1, 0.15) is 0 Å². The van der Waals surface area contributed by atoms with E-state index in [1.165, 1.54) is 98.7 Å². The molecule has 0 fully saturated rings. The van der Waals surface area contributed by atoms with Gasteiger partial charge >= 0.3 is 0 Å². The molecule has 0 aliphatic heterocycles. The van der Waals surface area contributed by atoms with E-state index in [2.05, 4.69) is 206 Å². The van der Waals surface area contributed by atoms with Crippen molar-refractivity contribution in [2.45, 2.75) is 0 Å². The van der Waals surface area contributed by atoms with Crippen molar-refractivity contribution >= 4 is 43.1 Å². The number of fused-ring (bicyclic) bond motifs is 4. The summed E-state index contributed by atoms with van der Waals surface area (Å²) in [6.07, 6.45) is 0. The lowest BCUT2D eigenvalue weighted by Gasteiger charge is -2.20. The van der Waals surface area contributed by atoms with Crippen LogP contribution in [0.1, 0.15) is 0 Å². The Balaban J connectivity index is 1.25. The number of hydrogen-bond acceptors (Lipinski definition) is 0. The highest BCUT2D eigenvalue weighted by Gasteiger charge is 2.20. The van der Waals surface area contributed by atoms with Crippen molar-refractivity contribution in [2.75, 3.05) is 0 Å². The monoisotopic (exact) mass is 658 g/mol. The van der Waals surface area contributed by atoms with Crippen LogP contribution in [0.25, 0.3) is 98.7 Å². The van der Waals surface area contributed by atoms with Crippen molar-refractivity contribution in [1.82, 2.24) is 0 Å². The van der Waals surface area contributed by atoms with Gasteiger partial charge in [-0.25, -0.2) is 0 Å². The maximum Gasteiger partial charge on any atom is -0.00201 e. The molecule has 0 N–H and O–H groups in total. The number of rotatable bonds is 5. The van der Waals surface area contributed by atoms with Crippen molar-refractivity contribution in [1.29, 1.82) is 0 Å². The van der Waals surface area contributed by atoms with Crippen LogP contribution in [0.15, 0.2) is 206 Å². The van der Waals surface area contributed by atoms with Gasteiger partial charge in [0, 0.05) is 0 Å². The van der Waals surface area contributed by atoms with Crippen LogP contribution >= 0.6 is 0 Å². The van der Waals surface area contributed by atoms with Gasteiger partial charge in [0.05, 0.1) is 0 Å². The Kier molecular flexibility index (Phi) is 7.25. The van der Waals surface area contributed by atoms with Crippen molar-refractivity contribution in [3.05, 3.63) is 206 Å². The third kappa shape index (κ3) is 5.08. The summed E-state index contributed by atoms with van der Waals surface area (Å²) in [5, 5.41) is 10.0. The summed E-state index contributed by atoms with van der Waals surface area (Å²) in [6.45, 7) is 0. The fourth-order valence-electron chi connectivity index (χ4n) is 8.19. The fourth-order valence-corrected chi connectivity index (χ4v) is 8.19. The van der Waals surface area contributed by atoms with Crippen molar-refractivity contribution < 1.29 is 0 Å². The van der Waals surface area contributed by atoms with Crippen molar-refractivity contribution in [2.24, 2.45) is 0 Å². The molecule has 0 aliphatic carbocycles. The first-order valence-corrected chi connectivity index (χ1v) is 18.0. The summed E-state index contributed by atoms with van der Waals surface area (Å²) < 4.78 is 0. The van der Waals surface area contributed by atoms with Crippen molar-refractivity contribution in [3.8, 4) is 55.6 Å². The number of benzene rings is 10. The SMILES string of the molecule is c1ccc(-c2ccccc2-c2c3ccccc3c(-c3ccc(-c4cccc5ccccc45)cc3)c3cc(-c4ccc5ccccc5c4)ccc23)cc1. The quantitative estimate of drug-likeness (QED) is 0.161. The minimum Gasteiger partial charge on any atom is -0.0622 e. The second kappa shape index (κ2) is 12.5. The lowest BCUT2D eigenvalue weighted by Crippen LogP contribution is -1.93. The largest absolute Gasteiger partial charge is 0.0622 e. The maximum absolute atomic E-state index is 2.43. The van der Waals surface area contributed by atoms with Crippen LogP contribution in [-0.2, 0) is 0 Å². The van der Waals surface area contributed by atoms with Gasteiger partial charge in [-0.2, -0.15) is 0 Å². The molecule has 0 heteroatoms. The fraction of sp³-hybridized carbons (Fsp3) is 0. The first kappa shape index (κ1) is 30.1. The molecule has 52 heavy (non-hydrogen) atoms. The molecule has 10 aromatic rings. The van der Waals surface area contributed by atoms with Gasteiger partial charge in [0.25, 0.3) is 0 Å². The highest BCUT2D eigenvalue weighted by Crippen LogP contribution is 2.47. The second-order valence-corrected chi connectivity index (χ2v) is 13.6. The van der Waals surface area contributed by atoms with Gasteiger partial charge in [-0.05, 0) is 111 Å². The Morgan fingerprint density at radius 3 is 1.50 bits per heavy atom. The first-order chi connectivity index (χ1) is 25.8. The van der Waals surface area contributed by atoms with E-state index in [4.69, 9.17) is 0 Å². The Labute approximate surface area is 303 Å². The van der Waals surface area contributed by atoms with Crippen LogP contribution in [0.5, 0.6) is 0 Å². The summed E-state index contributed by atoms with van der Waals surface area (Å²) in [5.74, 6) is 0. The molecule has 0 spiro atoms. The summed E-state index contributed by atoms with van der Waals surface area (Å²) in [6, 6.07) is 75.6. The Bertz CT molecular complexity index is 2930. The molecule has 0 saturated carbocycles. The highest BCUT2D eigenvalue weighted by molar-refractivity contribution is 6.23. The minimum atomic E-state index is 1.21. The van der Waals surface area contributed by atoms with E-state index >= 15 is 0 Å². The molecule has 0 saturated heterocycles. The smallest absolute Gasteiger partial charge is 0.00201 e. The molecular formula is C52H34. The van der Waals surface area contributed by atoms with E-state index < -0.39 is 0 Å². The predicted molar refractivity (Wildman–Crippen MR) is 224 cm³/mol. The lowest BCUT2D eigenvalue weighted by molar-refractivity contribution is 1.60. The molecule has 242 valence electrons. The van der Waals surface area contributed by atoms with Crippen LogP contribution in [0.3, 0.4) is 0 Å². The van der Waals surface area contributed by atoms with E-state index in [9.17, 15) is 0 Å². The molecule has 0 aromatic heterocycles. The van der Waals surface area contributed by atoms with Crippen LogP contribution in [-0.4, -0.2) is 0 Å². The van der Waals surface area contributed by atoms with Crippen LogP contribution in [0, 0.1) is 0 Å². The standard InChI is InChI=1S/C52H34/c1-2-14-36(15-3-1)45-20-8-9-21-46(45)52-48-23-11-10-22-47(48)51(39-28-26-38(27-29-39)44-24-12-18-37-16-6-7-19-43(37)44)50-34-42(31-32-49(50)52)41-30-25-35-13-4-5-17-40(35)33-41/h1-34H. The molecule has 0 nitrogen and oxygen atoms in total. The van der Waals surface area contributed by atoms with Gasteiger partial charge in [-0.15, -0.1) is 0 Å². The van der Waals surface area contributed by atoms with Crippen molar-refractivity contribution in [3.63, 3.8) is 0 Å². The highest BCUT2D eigenvalue weighted by atomic mass is 14.2. The van der Waals surface area contributed by atoms with Crippen LogP contribution in [0.4, 0.5) is 0 Å². The first-order valence-electron chi connectivity index (χ1n) is 18.0. The molecule has 0 aliphatic rings. The normalized spacial score (nSPS) is 11.5. The van der Waals surface area contributed by atoms with Crippen LogP contribution < -0.4 is 0 Å². The average molecular weight is 659 g/mol. The zero-order chi connectivity index (χ0) is 34.4. The molecule has 0 heterocycles. The molecular weight excluding hydrogens is 625 g/mol. The predicted octanol–water partition coefficient (Wildman–Crippen LogP) is 14.6. The summed E-state index contributed by atoms with van der Waals surface area (Å²) in [7, 11) is 0. The minimum absolute atomic E-state index is 1.21. The van der Waals surface area contributed by atoms with E-state index in [0.717, 1.165) is 0 Å². The molecule has 0 atom stereocenters. The molecule has 10 rings (SSSR count). The third-order valence-corrected chi connectivity index (χ3v) is 10.7. The molecule has 0 unspecified atom stereocenters. The molecule has 0 amide bonds. The molecule has 0 bridgehead atoms. The van der Waals surface area contributed by atoms with E-state index in [1.807, 2.05) is 0 Å². The van der Waals surface area contributed by atoms with Gasteiger partial charge in [-0.1, -0.05) is 194 Å². The topological polar surface area (TPSA) is 0 Å². The van der Waals surface area contributed by atoms with E-state index in [-0.39, 0.29) is 0 Å². The summed E-state index contributed by atoms with van der Waals surface area (Å²) in [4.78, 5) is 0. The lowest BCUT2D eigenvalue weighted by atomic mass is 9.82. The van der Waals surface area contributed by atoms with Crippen LogP contribution in [0.2, 0.25) is 0 Å². The van der Waals surface area contributed by atoms with Gasteiger partial charge in [-0.3, -0.25) is 0 Å². The molecule has 10 aromatic carbocycles. The van der Waals surface area contributed by atoms with Gasteiger partial charge in [0.15, 0.2) is 0 Å². The zero-order valence-corrected chi connectivity index (χ0v) is 28.6. The van der Waals surface area contributed by atoms with E-state index in [0.29, 0.717) is 0 Å². The van der Waals surface area contributed by atoms with Gasteiger partial charge in [0.2, 0.25) is 0 Å². The van der Waals surface area contributed by atoms with Gasteiger partial charge < -0.3 is 0 Å². The zero-order valence-electron chi connectivity index (χ0n) is 28.6. The average Bonchev–Trinajstić information content (AvgIpc) is 3.22. The summed E-state index contributed by atoms with van der Waals surface area (Å²) >= 11 is 0. The third-order valence-electron chi connectivity index (χ3n) is 10.7. The Morgan fingerprint density at radius 1 is 0.192 bits per heavy atom. The Hall–Kier alpha value is -6.76.